The summed E-state index contributed by atoms with van der Waals surface area (Å²) < 4.78 is 6.07. The smallest absolute Gasteiger partial charge is 0.270 e. The van der Waals surface area contributed by atoms with Crippen molar-refractivity contribution in [1.82, 2.24) is 20.5 Å². The minimum Gasteiger partial charge on any atom is -0.489 e. The lowest BCUT2D eigenvalue weighted by Gasteiger charge is -2.32. The molecule has 31 heavy (non-hydrogen) atoms. The molecule has 0 radical (unpaired) electrons. The Morgan fingerprint density at radius 1 is 1.16 bits per heavy atom. The lowest BCUT2D eigenvalue weighted by molar-refractivity contribution is -0.123. The Hall–Kier alpha value is -3.19. The van der Waals surface area contributed by atoms with Crippen LogP contribution in [-0.4, -0.2) is 46.9 Å². The van der Waals surface area contributed by atoms with Crippen molar-refractivity contribution in [2.24, 2.45) is 0 Å². The van der Waals surface area contributed by atoms with Gasteiger partial charge in [0.1, 0.15) is 23.6 Å². The Labute approximate surface area is 182 Å². The third-order valence-electron chi connectivity index (χ3n) is 5.71. The predicted octanol–water partition coefficient (Wildman–Crippen LogP) is 2.65. The van der Waals surface area contributed by atoms with Gasteiger partial charge in [-0.15, -0.1) is 0 Å². The maximum Gasteiger partial charge on any atom is 0.270 e. The number of allylic oxidation sites excluding steroid dienone is 1. The fourth-order valence-electron chi connectivity index (χ4n) is 3.95. The van der Waals surface area contributed by atoms with E-state index >= 15 is 0 Å². The molecule has 3 heterocycles. The van der Waals surface area contributed by atoms with Crippen LogP contribution < -0.4 is 15.4 Å². The van der Waals surface area contributed by atoms with Crippen molar-refractivity contribution >= 4 is 11.8 Å². The molecule has 7 nitrogen and oxygen atoms in total. The Balaban J connectivity index is 1.24. The van der Waals surface area contributed by atoms with Crippen LogP contribution in [0.2, 0.25) is 0 Å². The van der Waals surface area contributed by atoms with E-state index in [1.54, 1.807) is 18.3 Å². The van der Waals surface area contributed by atoms with E-state index in [9.17, 15) is 9.59 Å². The molecule has 0 aliphatic carbocycles. The van der Waals surface area contributed by atoms with E-state index < -0.39 is 6.04 Å². The minimum atomic E-state index is -0.559. The molecule has 1 aromatic carbocycles. The Morgan fingerprint density at radius 3 is 2.61 bits per heavy atom. The molecule has 0 spiro atoms. The number of carbonyl (C=O) groups is 2. The summed E-state index contributed by atoms with van der Waals surface area (Å²) >= 11 is 0. The number of rotatable bonds is 6. The Bertz CT molecular complexity index is 922. The third kappa shape index (κ3) is 5.70. The average Bonchev–Trinajstić information content (AvgIpc) is 2.78. The quantitative estimate of drug-likeness (QED) is 0.751. The summed E-state index contributed by atoms with van der Waals surface area (Å²) in [4.78, 5) is 31.0. The number of pyridine rings is 1. The van der Waals surface area contributed by atoms with Crippen molar-refractivity contribution in [1.29, 1.82) is 0 Å². The van der Waals surface area contributed by atoms with Crippen LogP contribution >= 0.6 is 0 Å². The van der Waals surface area contributed by atoms with E-state index in [1.165, 1.54) is 5.56 Å². The van der Waals surface area contributed by atoms with Gasteiger partial charge in [-0.2, -0.15) is 0 Å². The minimum absolute atomic E-state index is 0.146. The number of piperidine rings is 2. The van der Waals surface area contributed by atoms with E-state index in [2.05, 4.69) is 51.4 Å². The Kier molecular flexibility index (Phi) is 6.62. The van der Waals surface area contributed by atoms with E-state index in [1.807, 2.05) is 6.07 Å². The summed E-state index contributed by atoms with van der Waals surface area (Å²) in [5.41, 5.74) is 2.28. The monoisotopic (exact) mass is 420 g/mol. The molecular formula is C24H28N4O3. The highest BCUT2D eigenvalue weighted by Crippen LogP contribution is 2.20. The molecular weight excluding hydrogens is 392 g/mol. The van der Waals surface area contributed by atoms with E-state index in [0.717, 1.165) is 32.5 Å². The van der Waals surface area contributed by atoms with Gasteiger partial charge in [-0.1, -0.05) is 36.9 Å². The topological polar surface area (TPSA) is 83.6 Å². The van der Waals surface area contributed by atoms with Crippen molar-refractivity contribution in [3.05, 3.63) is 72.2 Å². The highest BCUT2D eigenvalue weighted by atomic mass is 16.5. The van der Waals surface area contributed by atoms with Crippen LogP contribution in [0, 0.1) is 0 Å². The predicted molar refractivity (Wildman–Crippen MR) is 117 cm³/mol. The molecule has 2 N–H and O–H groups in total. The summed E-state index contributed by atoms with van der Waals surface area (Å²) in [6, 6.07) is 13.3. The number of hydrogen-bond donors (Lipinski definition) is 2. The number of nitrogens with zero attached hydrogens (tertiary/aromatic N) is 2. The van der Waals surface area contributed by atoms with Gasteiger partial charge in [0.05, 0.1) is 6.20 Å². The lowest BCUT2D eigenvalue weighted by atomic mass is 10.0. The first-order chi connectivity index (χ1) is 15.1. The van der Waals surface area contributed by atoms with Crippen molar-refractivity contribution in [3.63, 3.8) is 0 Å². The van der Waals surface area contributed by atoms with Crippen LogP contribution in [-0.2, 0) is 11.3 Å². The molecule has 0 bridgehead atoms. The molecule has 1 aromatic heterocycles. The lowest BCUT2D eigenvalue weighted by Crippen LogP contribution is -2.49. The number of benzene rings is 1. The fraction of sp³-hybridized carbons (Fsp3) is 0.375. The van der Waals surface area contributed by atoms with Gasteiger partial charge in [0, 0.05) is 25.3 Å². The van der Waals surface area contributed by atoms with E-state index in [-0.39, 0.29) is 23.6 Å². The molecule has 2 aliphatic rings. The van der Waals surface area contributed by atoms with Gasteiger partial charge in [0.25, 0.3) is 5.91 Å². The largest absolute Gasteiger partial charge is 0.489 e. The molecule has 2 fully saturated rings. The first kappa shape index (κ1) is 21.1. The van der Waals surface area contributed by atoms with Gasteiger partial charge in [-0.3, -0.25) is 14.5 Å². The highest BCUT2D eigenvalue weighted by molar-refractivity contribution is 5.96. The van der Waals surface area contributed by atoms with Crippen molar-refractivity contribution in [3.8, 4) is 5.75 Å². The summed E-state index contributed by atoms with van der Waals surface area (Å²) in [6.45, 7) is 6.69. The molecule has 7 heteroatoms. The standard InChI is InChI=1S/C24H28N4O3/c1-17-7-9-22(24(30)26-17)27-23(29)21-10-8-20(15-25-21)31-19-11-13-28(14-12-19)16-18-5-3-2-4-6-18/h2-6,8,10,15,19,22H,1,7,9,11-14,16H2,(H,26,30)(H,27,29). The van der Waals surface area contributed by atoms with Crippen molar-refractivity contribution in [2.75, 3.05) is 13.1 Å². The molecule has 4 rings (SSSR count). The molecule has 0 saturated carbocycles. The van der Waals surface area contributed by atoms with E-state index in [4.69, 9.17) is 4.74 Å². The van der Waals surface area contributed by atoms with Gasteiger partial charge in [-0.05, 0) is 43.4 Å². The molecule has 2 aromatic rings. The second kappa shape index (κ2) is 9.75. The SMILES string of the molecule is C=C1CCC(NC(=O)c2ccc(OC3CCN(Cc4ccccc4)CC3)cn2)C(=O)N1. The van der Waals surface area contributed by atoms with Gasteiger partial charge in [0.2, 0.25) is 5.91 Å². The molecule has 2 aliphatic heterocycles. The number of hydrogen-bond acceptors (Lipinski definition) is 5. The van der Waals surface area contributed by atoms with Gasteiger partial charge in [0.15, 0.2) is 0 Å². The fourth-order valence-corrected chi connectivity index (χ4v) is 3.95. The first-order valence-electron chi connectivity index (χ1n) is 10.8. The van der Waals surface area contributed by atoms with Crippen LogP contribution in [0.15, 0.2) is 60.9 Å². The van der Waals surface area contributed by atoms with Crippen LogP contribution in [0.4, 0.5) is 0 Å². The molecule has 2 amide bonds. The average molecular weight is 421 g/mol. The molecule has 1 atom stereocenters. The molecule has 2 saturated heterocycles. The third-order valence-corrected chi connectivity index (χ3v) is 5.71. The van der Waals surface area contributed by atoms with Crippen LogP contribution in [0.25, 0.3) is 0 Å². The number of likely N-dealkylation sites (tertiary alicyclic amines) is 1. The van der Waals surface area contributed by atoms with Crippen molar-refractivity contribution in [2.45, 2.75) is 44.4 Å². The molecule has 162 valence electrons. The number of nitrogens with one attached hydrogen (secondary N) is 2. The second-order valence-corrected chi connectivity index (χ2v) is 8.12. The second-order valence-electron chi connectivity index (χ2n) is 8.12. The first-order valence-corrected chi connectivity index (χ1v) is 10.8. The Morgan fingerprint density at radius 2 is 1.94 bits per heavy atom. The maximum atomic E-state index is 12.4. The number of aromatic nitrogens is 1. The zero-order valence-corrected chi connectivity index (χ0v) is 17.5. The van der Waals surface area contributed by atoms with Crippen LogP contribution in [0.1, 0.15) is 41.7 Å². The van der Waals surface area contributed by atoms with Gasteiger partial charge < -0.3 is 15.4 Å². The summed E-state index contributed by atoms with van der Waals surface area (Å²) in [6.07, 6.45) is 4.83. The van der Waals surface area contributed by atoms with Crippen LogP contribution in [0.5, 0.6) is 5.75 Å². The van der Waals surface area contributed by atoms with E-state index in [0.29, 0.717) is 24.3 Å². The number of ether oxygens (including phenoxy) is 1. The summed E-state index contributed by atoms with van der Waals surface area (Å²) in [7, 11) is 0. The summed E-state index contributed by atoms with van der Waals surface area (Å²) in [5, 5.41) is 5.40. The number of amides is 2. The zero-order valence-electron chi connectivity index (χ0n) is 17.5. The maximum absolute atomic E-state index is 12.4. The molecule has 1 unspecified atom stereocenters. The highest BCUT2D eigenvalue weighted by Gasteiger charge is 2.26. The van der Waals surface area contributed by atoms with Gasteiger partial charge >= 0.3 is 0 Å². The normalized spacial score (nSPS) is 20.2. The van der Waals surface area contributed by atoms with Crippen LogP contribution in [0.3, 0.4) is 0 Å². The summed E-state index contributed by atoms with van der Waals surface area (Å²) in [5.74, 6) is 0.0568. The zero-order chi connectivity index (χ0) is 21.6. The van der Waals surface area contributed by atoms with Crippen molar-refractivity contribution < 1.29 is 14.3 Å². The van der Waals surface area contributed by atoms with Gasteiger partial charge in [-0.25, -0.2) is 4.98 Å². The number of carbonyl (C=O) groups excluding carboxylic acids is 2.